The molecule has 0 amide bonds. The van der Waals surface area contributed by atoms with E-state index in [1.807, 2.05) is 0 Å². The van der Waals surface area contributed by atoms with Gasteiger partial charge in [0.15, 0.2) is 6.10 Å². The van der Waals surface area contributed by atoms with Gasteiger partial charge in [-0.1, -0.05) is 214 Å². The van der Waals surface area contributed by atoms with E-state index in [2.05, 4.69) is 130 Å². The van der Waals surface area contributed by atoms with Crippen LogP contribution >= 0.6 is 0 Å². The van der Waals surface area contributed by atoms with Crippen LogP contribution in [0, 0.1) is 0 Å². The third-order valence-electron chi connectivity index (χ3n) is 11.5. The van der Waals surface area contributed by atoms with Crippen molar-refractivity contribution in [3.8, 4) is 0 Å². The fourth-order valence-electron chi connectivity index (χ4n) is 7.30. The van der Waals surface area contributed by atoms with Gasteiger partial charge in [0.2, 0.25) is 0 Å². The van der Waals surface area contributed by atoms with E-state index in [9.17, 15) is 14.4 Å². The lowest BCUT2D eigenvalue weighted by Gasteiger charge is -2.18. The van der Waals surface area contributed by atoms with E-state index in [-0.39, 0.29) is 31.1 Å². The molecule has 0 saturated carbocycles. The van der Waals surface area contributed by atoms with Crippen molar-refractivity contribution in [3.05, 3.63) is 109 Å². The van der Waals surface area contributed by atoms with Crippen molar-refractivity contribution in [1.82, 2.24) is 0 Å². The van der Waals surface area contributed by atoms with Crippen molar-refractivity contribution < 1.29 is 28.6 Å². The van der Waals surface area contributed by atoms with Crippen molar-refractivity contribution in [3.63, 3.8) is 0 Å². The van der Waals surface area contributed by atoms with E-state index < -0.39 is 6.10 Å². The van der Waals surface area contributed by atoms with Crippen LogP contribution < -0.4 is 0 Å². The summed E-state index contributed by atoms with van der Waals surface area (Å²) in [7, 11) is 0. The van der Waals surface area contributed by atoms with Crippen LogP contribution in [0.5, 0.6) is 0 Å². The number of esters is 3. The van der Waals surface area contributed by atoms with Gasteiger partial charge in [-0.2, -0.15) is 0 Å². The molecule has 1 atom stereocenters. The van der Waals surface area contributed by atoms with Gasteiger partial charge < -0.3 is 14.2 Å². The summed E-state index contributed by atoms with van der Waals surface area (Å²) < 4.78 is 16.8. The zero-order valence-electron chi connectivity index (χ0n) is 44.1. The van der Waals surface area contributed by atoms with Crippen molar-refractivity contribution in [2.24, 2.45) is 0 Å². The zero-order chi connectivity index (χ0) is 49.3. The number of rotatable bonds is 49. The quantitative estimate of drug-likeness (QED) is 0.0262. The average Bonchev–Trinajstić information content (AvgIpc) is 3.34. The Morgan fingerprint density at radius 3 is 0.956 bits per heavy atom. The van der Waals surface area contributed by atoms with Gasteiger partial charge in [-0.25, -0.2) is 0 Å². The number of hydrogen-bond donors (Lipinski definition) is 0. The number of ether oxygens (including phenoxy) is 3. The molecule has 0 aromatic rings. The molecule has 0 aromatic heterocycles. The Bertz CT molecular complexity index is 1410. The first-order valence-electron chi connectivity index (χ1n) is 27.9. The Hall–Kier alpha value is -3.93. The number of carbonyl (C=O) groups excluding carboxylic acids is 3. The fourth-order valence-corrected chi connectivity index (χ4v) is 7.30. The van der Waals surface area contributed by atoms with Gasteiger partial charge in [0.1, 0.15) is 13.2 Å². The molecule has 0 bridgehead atoms. The number of hydrogen-bond acceptors (Lipinski definition) is 6. The predicted molar refractivity (Wildman–Crippen MR) is 293 cm³/mol. The Morgan fingerprint density at radius 1 is 0.309 bits per heavy atom. The van der Waals surface area contributed by atoms with E-state index in [1.165, 1.54) is 38.5 Å². The minimum Gasteiger partial charge on any atom is -0.462 e. The van der Waals surface area contributed by atoms with Gasteiger partial charge in [-0.05, 0) is 122 Å². The highest BCUT2D eigenvalue weighted by atomic mass is 16.6. The van der Waals surface area contributed by atoms with Crippen molar-refractivity contribution in [1.29, 1.82) is 0 Å². The second kappa shape index (κ2) is 55.7. The molecule has 0 heterocycles. The molecule has 0 N–H and O–H groups in total. The minimum absolute atomic E-state index is 0.0992. The molecule has 0 aromatic carbocycles. The highest BCUT2D eigenvalue weighted by Gasteiger charge is 2.19. The van der Waals surface area contributed by atoms with Crippen LogP contribution in [0.15, 0.2) is 109 Å². The van der Waals surface area contributed by atoms with E-state index in [0.29, 0.717) is 19.3 Å². The predicted octanol–water partition coefficient (Wildman–Crippen LogP) is 18.7. The zero-order valence-corrected chi connectivity index (χ0v) is 44.1. The van der Waals surface area contributed by atoms with Crippen LogP contribution in [0.4, 0.5) is 0 Å². The average molecular weight is 943 g/mol. The third-order valence-corrected chi connectivity index (χ3v) is 11.5. The van der Waals surface area contributed by atoms with Crippen molar-refractivity contribution in [2.75, 3.05) is 13.2 Å². The van der Waals surface area contributed by atoms with Crippen LogP contribution in [0.2, 0.25) is 0 Å². The molecule has 6 nitrogen and oxygen atoms in total. The molecule has 1 unspecified atom stereocenters. The van der Waals surface area contributed by atoms with Crippen LogP contribution in [0.3, 0.4) is 0 Å². The molecule has 68 heavy (non-hydrogen) atoms. The highest BCUT2D eigenvalue weighted by molar-refractivity contribution is 5.71. The van der Waals surface area contributed by atoms with Crippen LogP contribution in [-0.4, -0.2) is 37.2 Å². The highest BCUT2D eigenvalue weighted by Crippen LogP contribution is 2.13. The standard InChI is InChI=1S/C62H102O6/c1-4-7-10-13-16-19-22-25-27-29-30-31-32-33-35-37-40-43-46-49-52-55-61(64)67-58-59(57-66-60(63)54-51-48-45-42-39-36-24-21-18-15-12-9-6-3)68-62(65)56-53-50-47-44-41-38-34-28-26-23-20-17-14-11-8-5-2/h7,10,12,15-16,19-21,23-25,27-28,30-31,33-35,59H,4-6,8-9,11,13-14,17-18,22,26,29,32,36-58H2,1-3H3/b10-7-,15-12-,19-16-,23-20-,24-21-,27-25-,31-30-,34-28-,35-33-. The molecule has 6 heteroatoms. The molecule has 0 aliphatic carbocycles. The number of allylic oxidation sites excluding steroid dienone is 18. The molecule has 0 spiro atoms. The van der Waals surface area contributed by atoms with Crippen LogP contribution in [0.1, 0.15) is 245 Å². The first-order valence-corrected chi connectivity index (χ1v) is 27.9. The second-order valence-electron chi connectivity index (χ2n) is 18.1. The monoisotopic (exact) mass is 943 g/mol. The summed E-state index contributed by atoms with van der Waals surface area (Å²) in [5, 5.41) is 0. The van der Waals surface area contributed by atoms with Gasteiger partial charge >= 0.3 is 17.9 Å². The Kier molecular flexibility index (Phi) is 52.4. The van der Waals surface area contributed by atoms with Gasteiger partial charge in [0.05, 0.1) is 0 Å². The van der Waals surface area contributed by atoms with Crippen molar-refractivity contribution in [2.45, 2.75) is 252 Å². The number of unbranched alkanes of at least 4 members (excludes halogenated alkanes) is 20. The molecule has 386 valence electrons. The van der Waals surface area contributed by atoms with E-state index in [0.717, 1.165) is 167 Å². The number of carbonyl (C=O) groups is 3. The molecular weight excluding hydrogens is 841 g/mol. The first kappa shape index (κ1) is 64.1. The second-order valence-corrected chi connectivity index (χ2v) is 18.1. The lowest BCUT2D eigenvalue weighted by molar-refractivity contribution is -0.167. The molecule has 0 radical (unpaired) electrons. The van der Waals surface area contributed by atoms with E-state index in [4.69, 9.17) is 14.2 Å². The maximum absolute atomic E-state index is 12.8. The Balaban J connectivity index is 4.46. The summed E-state index contributed by atoms with van der Waals surface area (Å²) in [6, 6.07) is 0. The SMILES string of the molecule is CC/C=C\C/C=C\C/C=C\C/C=C\C/C=C\CCCCCCCC(=O)OCC(COC(=O)CCCCCCC/C=C\C/C=C\CCC)OC(=O)CCCCCCC/C=C\C/C=C\CCCCCC. The molecular formula is C62H102O6. The fraction of sp³-hybridized carbons (Fsp3) is 0.661. The summed E-state index contributed by atoms with van der Waals surface area (Å²) in [6.07, 6.45) is 75.0. The minimum atomic E-state index is -0.802. The van der Waals surface area contributed by atoms with Crippen LogP contribution in [-0.2, 0) is 28.6 Å². The summed E-state index contributed by atoms with van der Waals surface area (Å²) in [6.45, 7) is 6.40. The third kappa shape index (κ3) is 53.0. The topological polar surface area (TPSA) is 78.9 Å². The van der Waals surface area contributed by atoms with Gasteiger partial charge in [-0.3, -0.25) is 14.4 Å². The molecule has 0 aliphatic rings. The van der Waals surface area contributed by atoms with Gasteiger partial charge in [0.25, 0.3) is 0 Å². The van der Waals surface area contributed by atoms with Crippen LogP contribution in [0.25, 0.3) is 0 Å². The normalized spacial score (nSPS) is 12.9. The van der Waals surface area contributed by atoms with E-state index >= 15 is 0 Å². The lowest BCUT2D eigenvalue weighted by atomic mass is 10.1. The largest absolute Gasteiger partial charge is 0.462 e. The maximum atomic E-state index is 12.8. The smallest absolute Gasteiger partial charge is 0.306 e. The Labute approximate surface area is 419 Å². The maximum Gasteiger partial charge on any atom is 0.306 e. The van der Waals surface area contributed by atoms with Gasteiger partial charge in [0, 0.05) is 19.3 Å². The summed E-state index contributed by atoms with van der Waals surface area (Å²) in [5.41, 5.74) is 0. The molecule has 0 rings (SSSR count). The lowest BCUT2D eigenvalue weighted by Crippen LogP contribution is -2.30. The van der Waals surface area contributed by atoms with Crippen molar-refractivity contribution >= 4 is 17.9 Å². The molecule has 0 aliphatic heterocycles. The summed E-state index contributed by atoms with van der Waals surface area (Å²) >= 11 is 0. The molecule has 0 saturated heterocycles. The first-order chi connectivity index (χ1) is 33.5. The summed E-state index contributed by atoms with van der Waals surface area (Å²) in [5.74, 6) is -0.947. The van der Waals surface area contributed by atoms with E-state index in [1.54, 1.807) is 0 Å². The summed E-state index contributed by atoms with van der Waals surface area (Å²) in [4.78, 5) is 38.1. The molecule has 0 fully saturated rings. The van der Waals surface area contributed by atoms with Gasteiger partial charge in [-0.15, -0.1) is 0 Å². The Morgan fingerprint density at radius 2 is 0.603 bits per heavy atom.